The van der Waals surface area contributed by atoms with Crippen LogP contribution >= 0.6 is 27.3 Å². The topological polar surface area (TPSA) is 17.3 Å². The fourth-order valence-corrected chi connectivity index (χ4v) is 3.09. The first-order valence-electron chi connectivity index (χ1n) is 4.94. The SMILES string of the molecule is Cc1ccc(-c2nc3sccn3c2Br)cc1. The van der Waals surface area contributed by atoms with Crippen LogP contribution in [0.1, 0.15) is 5.56 Å². The number of thiazole rings is 1. The highest BCUT2D eigenvalue weighted by Crippen LogP contribution is 2.30. The molecule has 0 radical (unpaired) electrons. The molecule has 0 aliphatic heterocycles. The maximum Gasteiger partial charge on any atom is 0.195 e. The third kappa shape index (κ3) is 1.49. The zero-order chi connectivity index (χ0) is 11.1. The van der Waals surface area contributed by atoms with Gasteiger partial charge < -0.3 is 0 Å². The number of halogens is 1. The fraction of sp³-hybridized carbons (Fsp3) is 0.0833. The van der Waals surface area contributed by atoms with Crippen LogP contribution in [0.25, 0.3) is 16.2 Å². The molecule has 0 saturated carbocycles. The van der Waals surface area contributed by atoms with E-state index in [4.69, 9.17) is 0 Å². The Morgan fingerprint density at radius 1 is 1.25 bits per heavy atom. The van der Waals surface area contributed by atoms with Crippen molar-refractivity contribution in [1.82, 2.24) is 9.38 Å². The third-order valence-corrected chi connectivity index (χ3v) is 4.04. The smallest absolute Gasteiger partial charge is 0.195 e. The van der Waals surface area contributed by atoms with Crippen LogP contribution in [0.15, 0.2) is 40.4 Å². The van der Waals surface area contributed by atoms with Crippen molar-refractivity contribution in [3.05, 3.63) is 46.0 Å². The zero-order valence-electron chi connectivity index (χ0n) is 8.64. The van der Waals surface area contributed by atoms with Crippen molar-refractivity contribution in [2.24, 2.45) is 0 Å². The molecule has 0 fully saturated rings. The lowest BCUT2D eigenvalue weighted by atomic mass is 10.1. The first-order valence-corrected chi connectivity index (χ1v) is 6.61. The second kappa shape index (κ2) is 3.71. The molecular formula is C12H9BrN2S. The van der Waals surface area contributed by atoms with Gasteiger partial charge in [0.2, 0.25) is 0 Å². The van der Waals surface area contributed by atoms with Gasteiger partial charge in [0.15, 0.2) is 4.96 Å². The van der Waals surface area contributed by atoms with Crippen LogP contribution in [-0.2, 0) is 0 Å². The average Bonchev–Trinajstić information content (AvgIpc) is 2.84. The Labute approximate surface area is 106 Å². The van der Waals surface area contributed by atoms with Crippen molar-refractivity contribution in [3.8, 4) is 11.3 Å². The number of nitrogens with zero attached hydrogens (tertiary/aromatic N) is 2. The van der Waals surface area contributed by atoms with Gasteiger partial charge in [0, 0.05) is 17.1 Å². The Hall–Kier alpha value is -1.13. The summed E-state index contributed by atoms with van der Waals surface area (Å²) >= 11 is 5.24. The second-order valence-electron chi connectivity index (χ2n) is 3.67. The summed E-state index contributed by atoms with van der Waals surface area (Å²) in [5.41, 5.74) is 3.42. The summed E-state index contributed by atoms with van der Waals surface area (Å²) in [6, 6.07) is 8.42. The lowest BCUT2D eigenvalue weighted by Crippen LogP contribution is -1.80. The van der Waals surface area contributed by atoms with Gasteiger partial charge in [-0.2, -0.15) is 0 Å². The fourth-order valence-electron chi connectivity index (χ4n) is 1.65. The normalized spacial score (nSPS) is 11.1. The number of fused-ring (bicyclic) bond motifs is 1. The summed E-state index contributed by atoms with van der Waals surface area (Å²) in [7, 11) is 0. The number of aryl methyl sites for hydroxylation is 1. The quantitative estimate of drug-likeness (QED) is 0.659. The van der Waals surface area contributed by atoms with E-state index in [1.165, 1.54) is 5.56 Å². The number of hydrogen-bond acceptors (Lipinski definition) is 2. The van der Waals surface area contributed by atoms with Gasteiger partial charge in [0.1, 0.15) is 10.3 Å². The van der Waals surface area contributed by atoms with E-state index in [2.05, 4.69) is 56.5 Å². The molecule has 0 amide bonds. The maximum absolute atomic E-state index is 4.61. The van der Waals surface area contributed by atoms with Crippen LogP contribution in [0.4, 0.5) is 0 Å². The van der Waals surface area contributed by atoms with Crippen LogP contribution in [0.3, 0.4) is 0 Å². The van der Waals surface area contributed by atoms with Gasteiger partial charge in [-0.1, -0.05) is 29.8 Å². The van der Waals surface area contributed by atoms with E-state index >= 15 is 0 Å². The molecule has 2 heterocycles. The van der Waals surface area contributed by atoms with Crippen LogP contribution < -0.4 is 0 Å². The summed E-state index contributed by atoms with van der Waals surface area (Å²) in [6.45, 7) is 2.09. The summed E-state index contributed by atoms with van der Waals surface area (Å²) in [4.78, 5) is 5.62. The standard InChI is InChI=1S/C12H9BrN2S/c1-8-2-4-9(5-3-8)10-11(13)15-6-7-16-12(15)14-10/h2-7H,1H3. The first-order chi connectivity index (χ1) is 7.75. The van der Waals surface area contributed by atoms with Crippen molar-refractivity contribution in [3.63, 3.8) is 0 Å². The summed E-state index contributed by atoms with van der Waals surface area (Å²) in [5.74, 6) is 0. The largest absolute Gasteiger partial charge is 0.284 e. The molecule has 4 heteroatoms. The molecule has 3 aromatic rings. The van der Waals surface area contributed by atoms with Gasteiger partial charge in [-0.15, -0.1) is 11.3 Å². The van der Waals surface area contributed by atoms with Crippen molar-refractivity contribution >= 4 is 32.2 Å². The van der Waals surface area contributed by atoms with Crippen molar-refractivity contribution in [1.29, 1.82) is 0 Å². The van der Waals surface area contributed by atoms with Gasteiger partial charge in [-0.3, -0.25) is 4.40 Å². The molecule has 2 nitrogen and oxygen atoms in total. The number of imidazole rings is 1. The van der Waals surface area contributed by atoms with Gasteiger partial charge in [-0.05, 0) is 22.9 Å². The Bertz CT molecular complexity index is 637. The van der Waals surface area contributed by atoms with E-state index in [9.17, 15) is 0 Å². The van der Waals surface area contributed by atoms with Crippen LogP contribution in [-0.4, -0.2) is 9.38 Å². The van der Waals surface area contributed by atoms with E-state index in [0.717, 1.165) is 20.8 Å². The number of aromatic nitrogens is 2. The van der Waals surface area contributed by atoms with Crippen LogP contribution in [0, 0.1) is 6.92 Å². The van der Waals surface area contributed by atoms with Crippen molar-refractivity contribution in [2.45, 2.75) is 6.92 Å². The predicted molar refractivity (Wildman–Crippen MR) is 70.9 cm³/mol. The zero-order valence-corrected chi connectivity index (χ0v) is 11.0. The van der Waals surface area contributed by atoms with Gasteiger partial charge in [-0.25, -0.2) is 4.98 Å². The highest BCUT2D eigenvalue weighted by atomic mass is 79.9. The molecule has 0 spiro atoms. The molecule has 3 rings (SSSR count). The molecule has 0 aliphatic rings. The predicted octanol–water partition coefficient (Wildman–Crippen LogP) is 4.13. The minimum Gasteiger partial charge on any atom is -0.284 e. The maximum atomic E-state index is 4.61. The van der Waals surface area contributed by atoms with Crippen LogP contribution in [0.2, 0.25) is 0 Å². The Balaban J connectivity index is 2.21. The van der Waals surface area contributed by atoms with Crippen molar-refractivity contribution in [2.75, 3.05) is 0 Å². The lowest BCUT2D eigenvalue weighted by Gasteiger charge is -1.98. The summed E-state index contributed by atoms with van der Waals surface area (Å²) in [5, 5.41) is 2.03. The molecule has 1 aromatic carbocycles. The first kappa shape index (κ1) is 10.1. The average molecular weight is 293 g/mol. The van der Waals surface area contributed by atoms with E-state index in [1.54, 1.807) is 11.3 Å². The molecule has 0 N–H and O–H groups in total. The number of rotatable bonds is 1. The Morgan fingerprint density at radius 3 is 2.69 bits per heavy atom. The molecule has 0 saturated heterocycles. The van der Waals surface area contributed by atoms with E-state index in [0.29, 0.717) is 0 Å². The highest BCUT2D eigenvalue weighted by Gasteiger charge is 2.11. The molecule has 16 heavy (non-hydrogen) atoms. The number of hydrogen-bond donors (Lipinski definition) is 0. The molecule has 0 aliphatic carbocycles. The summed E-state index contributed by atoms with van der Waals surface area (Å²) < 4.78 is 3.08. The van der Waals surface area contributed by atoms with Gasteiger partial charge >= 0.3 is 0 Å². The minimum atomic E-state index is 1.01. The van der Waals surface area contributed by atoms with Gasteiger partial charge in [0.05, 0.1) is 0 Å². The summed E-state index contributed by atoms with van der Waals surface area (Å²) in [6.07, 6.45) is 2.02. The second-order valence-corrected chi connectivity index (χ2v) is 5.30. The highest BCUT2D eigenvalue weighted by molar-refractivity contribution is 9.10. The van der Waals surface area contributed by atoms with Crippen LogP contribution in [0.5, 0.6) is 0 Å². The molecule has 2 aromatic heterocycles. The molecule has 0 atom stereocenters. The third-order valence-electron chi connectivity index (χ3n) is 2.53. The van der Waals surface area contributed by atoms with Gasteiger partial charge in [0.25, 0.3) is 0 Å². The lowest BCUT2D eigenvalue weighted by molar-refractivity contribution is 1.19. The van der Waals surface area contributed by atoms with Crippen molar-refractivity contribution < 1.29 is 0 Å². The molecule has 0 unspecified atom stereocenters. The van der Waals surface area contributed by atoms with E-state index < -0.39 is 0 Å². The Morgan fingerprint density at radius 2 is 2.00 bits per heavy atom. The number of benzene rings is 1. The molecule has 80 valence electrons. The van der Waals surface area contributed by atoms with E-state index in [-0.39, 0.29) is 0 Å². The Kier molecular flexibility index (Phi) is 2.33. The molecular weight excluding hydrogens is 284 g/mol. The monoisotopic (exact) mass is 292 g/mol. The van der Waals surface area contributed by atoms with E-state index in [1.807, 2.05) is 11.6 Å². The minimum absolute atomic E-state index is 1.01. The molecule has 0 bridgehead atoms.